The molecule has 13 heteroatoms. The number of morpholine rings is 1. The number of carboxylic acid groups (broad SMARTS) is 1. The maximum absolute atomic E-state index is 14.3. The summed E-state index contributed by atoms with van der Waals surface area (Å²) in [5, 5.41) is 14.5. The molecule has 0 radical (unpaired) electrons. The highest BCUT2D eigenvalue weighted by atomic mass is 32.1. The molecule has 0 amide bonds. The number of benzene rings is 1. The molecule has 1 fully saturated rings. The van der Waals surface area contributed by atoms with Crippen molar-refractivity contribution in [3.8, 4) is 0 Å². The summed E-state index contributed by atoms with van der Waals surface area (Å²) in [6.07, 6.45) is -0.809. The van der Waals surface area contributed by atoms with E-state index in [0.29, 0.717) is 29.7 Å². The minimum atomic E-state index is -1.49. The summed E-state index contributed by atoms with van der Waals surface area (Å²) < 4.78 is 43.8. The van der Waals surface area contributed by atoms with Crippen LogP contribution in [0.1, 0.15) is 24.4 Å². The Bertz CT molecular complexity index is 1210. The molecule has 192 valence electrons. The monoisotopic (exact) mass is 522 g/mol. The van der Waals surface area contributed by atoms with E-state index < -0.39 is 35.5 Å². The van der Waals surface area contributed by atoms with E-state index in [1.54, 1.807) is 30.3 Å². The number of nitrogens with zero attached hydrogens (tertiary/aromatic N) is 3. The minimum Gasteiger partial charge on any atom is -0.463 e. The lowest BCUT2D eigenvalue weighted by Gasteiger charge is -2.39. The molecule has 2 atom stereocenters. The highest BCUT2D eigenvalue weighted by molar-refractivity contribution is 7.11. The maximum atomic E-state index is 14.3. The fourth-order valence-corrected chi connectivity index (χ4v) is 4.70. The predicted molar refractivity (Wildman–Crippen MR) is 124 cm³/mol. The molecular weight excluding hydrogens is 498 g/mol. The fraction of sp³-hybridized carbons (Fsp3) is 0.391. The van der Waals surface area contributed by atoms with Crippen LogP contribution in [0.5, 0.6) is 0 Å². The van der Waals surface area contributed by atoms with Gasteiger partial charge in [-0.1, -0.05) is 6.07 Å². The lowest BCUT2D eigenvalue weighted by Crippen LogP contribution is -2.51. The molecule has 2 N–H and O–H groups in total. The molecule has 10 nitrogen and oxygen atoms in total. The van der Waals surface area contributed by atoms with Crippen molar-refractivity contribution in [1.82, 2.24) is 15.2 Å². The first-order chi connectivity index (χ1) is 17.2. The zero-order valence-corrected chi connectivity index (χ0v) is 20.3. The summed E-state index contributed by atoms with van der Waals surface area (Å²) in [7, 11) is 0. The molecular formula is C23H24F2N4O6S. The van der Waals surface area contributed by atoms with Crippen molar-refractivity contribution in [3.05, 3.63) is 63.3 Å². The number of ether oxygens (including phenoxy) is 3. The second kappa shape index (κ2) is 10.7. The summed E-state index contributed by atoms with van der Waals surface area (Å²) in [5.74, 6) is -2.53. The molecule has 1 saturated heterocycles. The lowest BCUT2D eigenvalue weighted by atomic mass is 9.82. The summed E-state index contributed by atoms with van der Waals surface area (Å²) >= 11 is 1.29. The van der Waals surface area contributed by atoms with Gasteiger partial charge in [-0.2, -0.15) is 0 Å². The number of nitrogens with one attached hydrogen (secondary N) is 1. The van der Waals surface area contributed by atoms with Gasteiger partial charge in [0.2, 0.25) is 0 Å². The van der Waals surface area contributed by atoms with Crippen LogP contribution in [0.15, 0.2) is 46.0 Å². The molecule has 36 heavy (non-hydrogen) atoms. The molecule has 1 aromatic heterocycles. The van der Waals surface area contributed by atoms with Gasteiger partial charge in [-0.25, -0.2) is 28.3 Å². The van der Waals surface area contributed by atoms with E-state index in [2.05, 4.69) is 10.3 Å². The topological polar surface area (TPSA) is 123 Å². The van der Waals surface area contributed by atoms with Crippen LogP contribution in [-0.4, -0.2) is 72.1 Å². The number of rotatable bonds is 7. The third-order valence-electron chi connectivity index (χ3n) is 5.78. The van der Waals surface area contributed by atoms with Crippen LogP contribution >= 0.6 is 11.3 Å². The average molecular weight is 523 g/mol. The normalized spacial score (nSPS) is 22.6. The minimum absolute atomic E-state index is 0.00217. The van der Waals surface area contributed by atoms with Gasteiger partial charge in [-0.15, -0.1) is 11.3 Å². The second-order valence-corrected chi connectivity index (χ2v) is 8.98. The van der Waals surface area contributed by atoms with Crippen LogP contribution in [0, 0.1) is 11.6 Å². The smallest absolute Gasteiger partial charge is 0.463 e. The van der Waals surface area contributed by atoms with Crippen LogP contribution in [0.3, 0.4) is 0 Å². The van der Waals surface area contributed by atoms with E-state index in [4.69, 9.17) is 24.3 Å². The van der Waals surface area contributed by atoms with Gasteiger partial charge in [0, 0.05) is 30.4 Å². The van der Waals surface area contributed by atoms with E-state index in [-0.39, 0.29) is 30.9 Å². The Morgan fingerprint density at radius 2 is 2.17 bits per heavy atom. The molecule has 2 aliphatic rings. The van der Waals surface area contributed by atoms with Crippen molar-refractivity contribution in [2.24, 2.45) is 4.99 Å². The van der Waals surface area contributed by atoms with Crippen LogP contribution in [-0.2, 0) is 24.5 Å². The fourth-order valence-electron chi connectivity index (χ4n) is 4.12. The first kappa shape index (κ1) is 25.7. The maximum Gasteiger partial charge on any atom is 0.507 e. The Morgan fingerprint density at radius 1 is 1.36 bits per heavy atom. The van der Waals surface area contributed by atoms with Gasteiger partial charge in [0.1, 0.15) is 5.54 Å². The number of carbonyl (C=O) groups excluding carboxylic acids is 1. The Hall–Kier alpha value is -3.42. The molecule has 4 rings (SSSR count). The van der Waals surface area contributed by atoms with Crippen molar-refractivity contribution >= 4 is 29.3 Å². The summed E-state index contributed by atoms with van der Waals surface area (Å²) in [6, 6.07) is 3.32. The van der Waals surface area contributed by atoms with Crippen molar-refractivity contribution in [1.29, 1.82) is 0 Å². The van der Waals surface area contributed by atoms with Crippen molar-refractivity contribution in [2.75, 3.05) is 32.9 Å². The number of hydrogen-bond donors (Lipinski definition) is 2. The number of aliphatic imine (C=N–C) groups is 1. The van der Waals surface area contributed by atoms with Gasteiger partial charge in [-0.05, 0) is 31.5 Å². The Balaban J connectivity index is 1.86. The van der Waals surface area contributed by atoms with Gasteiger partial charge in [-0.3, -0.25) is 4.90 Å². The van der Waals surface area contributed by atoms with Gasteiger partial charge in [0.05, 0.1) is 25.4 Å². The third-order valence-corrected chi connectivity index (χ3v) is 6.56. The number of halogens is 2. The SMILES string of the molecule is CCOC(=O)C1=C(CN2CCOC[C@@H]2OC(=O)O)NC(c2nccs2)=NC1(C)c1ccc(F)c(F)c1. The van der Waals surface area contributed by atoms with E-state index in [9.17, 15) is 18.4 Å². The molecule has 0 spiro atoms. The van der Waals surface area contributed by atoms with E-state index in [1.807, 2.05) is 0 Å². The van der Waals surface area contributed by atoms with Crippen LogP contribution < -0.4 is 5.32 Å². The number of hydrogen-bond acceptors (Lipinski definition) is 10. The number of esters is 1. The first-order valence-electron chi connectivity index (χ1n) is 11.1. The standard InChI is InChI=1S/C23H24F2N4O6S/c1-3-34-21(30)18-16(11-29-7-8-33-12-17(29)35-22(31)32)27-19(20-26-6-9-36-20)28-23(18,2)13-4-5-14(24)15(25)10-13/h4-6,9-10,17H,3,7-8,11-12H2,1-2H3,(H,27,28)(H,31,32)/t17-,23?/m0/s1. The predicted octanol–water partition coefficient (Wildman–Crippen LogP) is 2.86. The highest BCUT2D eigenvalue weighted by Gasteiger charge is 2.44. The second-order valence-electron chi connectivity index (χ2n) is 8.08. The molecule has 0 aliphatic carbocycles. The average Bonchev–Trinajstić information content (AvgIpc) is 3.37. The van der Waals surface area contributed by atoms with Gasteiger partial charge < -0.3 is 24.6 Å². The van der Waals surface area contributed by atoms with Gasteiger partial charge in [0.25, 0.3) is 0 Å². The summed E-state index contributed by atoms with van der Waals surface area (Å²) in [5.41, 5.74) is -0.867. The quantitative estimate of drug-likeness (QED) is 0.529. The Morgan fingerprint density at radius 3 is 2.83 bits per heavy atom. The molecule has 0 saturated carbocycles. The van der Waals surface area contributed by atoms with Gasteiger partial charge >= 0.3 is 12.1 Å². The summed E-state index contributed by atoms with van der Waals surface area (Å²) in [4.78, 5) is 35.2. The van der Waals surface area contributed by atoms with Gasteiger partial charge in [0.15, 0.2) is 28.7 Å². The Labute approximate surface area is 209 Å². The van der Waals surface area contributed by atoms with Crippen molar-refractivity contribution in [2.45, 2.75) is 25.6 Å². The van der Waals surface area contributed by atoms with Crippen LogP contribution in [0.25, 0.3) is 0 Å². The lowest BCUT2D eigenvalue weighted by molar-refractivity contribution is -0.139. The van der Waals surface area contributed by atoms with Crippen LogP contribution in [0.4, 0.5) is 13.6 Å². The van der Waals surface area contributed by atoms with Crippen LogP contribution in [0.2, 0.25) is 0 Å². The Kier molecular flexibility index (Phi) is 7.62. The molecule has 0 bridgehead atoms. The van der Waals surface area contributed by atoms with E-state index in [0.717, 1.165) is 12.1 Å². The largest absolute Gasteiger partial charge is 0.507 e. The van der Waals surface area contributed by atoms with E-state index in [1.165, 1.54) is 17.4 Å². The number of amidine groups is 1. The third kappa shape index (κ3) is 5.22. The zero-order chi connectivity index (χ0) is 25.9. The highest BCUT2D eigenvalue weighted by Crippen LogP contribution is 2.39. The molecule has 2 aromatic rings. The molecule has 3 heterocycles. The summed E-state index contributed by atoms with van der Waals surface area (Å²) in [6.45, 7) is 3.97. The number of thiazole rings is 1. The molecule has 1 unspecified atom stereocenters. The molecule has 1 aromatic carbocycles. The van der Waals surface area contributed by atoms with Crippen molar-refractivity contribution in [3.63, 3.8) is 0 Å². The number of carbonyl (C=O) groups is 2. The van der Waals surface area contributed by atoms with Crippen molar-refractivity contribution < 1.29 is 37.7 Å². The number of aromatic nitrogens is 1. The first-order valence-corrected chi connectivity index (χ1v) is 11.9. The van der Waals surface area contributed by atoms with E-state index >= 15 is 0 Å². The molecule has 2 aliphatic heterocycles. The zero-order valence-electron chi connectivity index (χ0n) is 19.5.